The van der Waals surface area contributed by atoms with Gasteiger partial charge in [-0.15, -0.1) is 0 Å². The van der Waals surface area contributed by atoms with Gasteiger partial charge in [-0.25, -0.2) is 4.79 Å². The van der Waals surface area contributed by atoms with Crippen LogP contribution in [0.4, 0.5) is 5.69 Å². The molecule has 0 unspecified atom stereocenters. The van der Waals surface area contributed by atoms with Crippen LogP contribution >= 0.6 is 0 Å². The van der Waals surface area contributed by atoms with E-state index in [2.05, 4.69) is 5.32 Å². The Morgan fingerprint density at radius 2 is 1.75 bits per heavy atom. The molecule has 0 aromatic heterocycles. The summed E-state index contributed by atoms with van der Waals surface area (Å²) >= 11 is 0. The third-order valence-corrected chi connectivity index (χ3v) is 4.93. The van der Waals surface area contributed by atoms with Crippen LogP contribution in [0.2, 0.25) is 0 Å². The molecule has 0 saturated heterocycles. The average molecular weight is 434 g/mol. The van der Waals surface area contributed by atoms with Crippen molar-refractivity contribution in [2.75, 3.05) is 7.11 Å². The number of aliphatic carboxylic acids is 1. The summed E-state index contributed by atoms with van der Waals surface area (Å²) in [5.41, 5.74) is 2.89. The van der Waals surface area contributed by atoms with Gasteiger partial charge in [-0.2, -0.15) is 0 Å². The first-order chi connectivity index (χ1) is 15.4. The minimum absolute atomic E-state index is 0.0994. The number of rotatable bonds is 9. The van der Waals surface area contributed by atoms with Crippen molar-refractivity contribution in [3.05, 3.63) is 94.0 Å². The first-order valence-corrected chi connectivity index (χ1v) is 9.85. The third kappa shape index (κ3) is 5.69. The Labute approximate surface area is 184 Å². The SMILES string of the molecule is COc1ccccc1-c1ccc(C[C@H](NC(=O)Cc2cccc([N+](=O)[O-])c2)C(=O)O)cc1. The van der Waals surface area contributed by atoms with Crippen molar-refractivity contribution >= 4 is 17.6 Å². The van der Waals surface area contributed by atoms with Gasteiger partial charge in [-0.05, 0) is 22.8 Å². The van der Waals surface area contributed by atoms with Crippen LogP contribution in [0.5, 0.6) is 5.75 Å². The van der Waals surface area contributed by atoms with Crippen LogP contribution in [0.1, 0.15) is 11.1 Å². The predicted molar refractivity (Wildman–Crippen MR) is 119 cm³/mol. The maximum Gasteiger partial charge on any atom is 0.326 e. The summed E-state index contributed by atoms with van der Waals surface area (Å²) in [5, 5.41) is 22.9. The molecule has 0 heterocycles. The molecule has 0 saturated carbocycles. The van der Waals surface area contributed by atoms with E-state index < -0.39 is 22.8 Å². The van der Waals surface area contributed by atoms with Gasteiger partial charge in [0, 0.05) is 24.1 Å². The largest absolute Gasteiger partial charge is 0.496 e. The number of carbonyl (C=O) groups excluding carboxylic acids is 1. The summed E-state index contributed by atoms with van der Waals surface area (Å²) in [6.45, 7) is 0. The molecule has 1 atom stereocenters. The van der Waals surface area contributed by atoms with Crippen molar-refractivity contribution in [3.8, 4) is 16.9 Å². The van der Waals surface area contributed by atoms with E-state index in [4.69, 9.17) is 4.74 Å². The Kier molecular flexibility index (Phi) is 7.17. The minimum Gasteiger partial charge on any atom is -0.496 e. The van der Waals surface area contributed by atoms with Crippen LogP contribution in [0.25, 0.3) is 11.1 Å². The fourth-order valence-electron chi connectivity index (χ4n) is 3.35. The molecule has 164 valence electrons. The lowest BCUT2D eigenvalue weighted by molar-refractivity contribution is -0.384. The topological polar surface area (TPSA) is 119 Å². The fraction of sp³-hybridized carbons (Fsp3) is 0.167. The van der Waals surface area contributed by atoms with Crippen molar-refractivity contribution in [2.24, 2.45) is 0 Å². The molecule has 8 nitrogen and oxygen atoms in total. The van der Waals surface area contributed by atoms with Gasteiger partial charge in [0.1, 0.15) is 11.8 Å². The van der Waals surface area contributed by atoms with Crippen molar-refractivity contribution < 1.29 is 24.4 Å². The van der Waals surface area contributed by atoms with Gasteiger partial charge in [-0.3, -0.25) is 14.9 Å². The molecule has 32 heavy (non-hydrogen) atoms. The summed E-state index contributed by atoms with van der Waals surface area (Å²) in [6, 6.07) is 19.5. The Bertz CT molecular complexity index is 1130. The quantitative estimate of drug-likeness (QED) is 0.392. The third-order valence-electron chi connectivity index (χ3n) is 4.93. The van der Waals surface area contributed by atoms with Gasteiger partial charge in [-0.1, -0.05) is 54.6 Å². The molecule has 8 heteroatoms. The molecule has 0 aliphatic heterocycles. The van der Waals surface area contributed by atoms with Crippen molar-refractivity contribution in [3.63, 3.8) is 0 Å². The highest BCUT2D eigenvalue weighted by Crippen LogP contribution is 2.29. The van der Waals surface area contributed by atoms with Crippen LogP contribution in [-0.2, 0) is 22.4 Å². The van der Waals surface area contributed by atoms with E-state index in [0.29, 0.717) is 5.56 Å². The number of carbonyl (C=O) groups is 2. The molecular formula is C24H22N2O6. The van der Waals surface area contributed by atoms with E-state index in [1.807, 2.05) is 48.5 Å². The van der Waals surface area contributed by atoms with E-state index in [-0.39, 0.29) is 18.5 Å². The van der Waals surface area contributed by atoms with Gasteiger partial charge in [0.25, 0.3) is 5.69 Å². The minimum atomic E-state index is -1.16. The molecular weight excluding hydrogens is 412 g/mol. The van der Waals surface area contributed by atoms with Crippen LogP contribution in [0, 0.1) is 10.1 Å². The maximum absolute atomic E-state index is 12.4. The highest BCUT2D eigenvalue weighted by atomic mass is 16.6. The first kappa shape index (κ1) is 22.5. The second-order valence-electron chi connectivity index (χ2n) is 7.16. The van der Waals surface area contributed by atoms with E-state index in [0.717, 1.165) is 22.4 Å². The summed E-state index contributed by atoms with van der Waals surface area (Å²) in [4.78, 5) is 34.4. The summed E-state index contributed by atoms with van der Waals surface area (Å²) < 4.78 is 5.38. The zero-order valence-corrected chi connectivity index (χ0v) is 17.4. The zero-order valence-electron chi connectivity index (χ0n) is 17.4. The second-order valence-corrected chi connectivity index (χ2v) is 7.16. The molecule has 1 amide bonds. The number of ether oxygens (including phenoxy) is 1. The molecule has 0 bridgehead atoms. The smallest absolute Gasteiger partial charge is 0.326 e. The number of carboxylic acid groups (broad SMARTS) is 1. The number of methoxy groups -OCH3 is 1. The van der Waals surface area contributed by atoms with Gasteiger partial charge in [0.2, 0.25) is 5.91 Å². The molecule has 0 radical (unpaired) electrons. The lowest BCUT2D eigenvalue weighted by Crippen LogP contribution is -2.43. The number of nitrogens with one attached hydrogen (secondary N) is 1. The standard InChI is InChI=1S/C24H22N2O6/c1-32-22-8-3-2-7-20(22)18-11-9-16(10-12-18)14-21(24(28)29)25-23(27)15-17-5-4-6-19(13-17)26(30)31/h2-13,21H,14-15H2,1H3,(H,25,27)(H,28,29)/t21-/m0/s1. The monoisotopic (exact) mass is 434 g/mol. The van der Waals surface area contributed by atoms with E-state index in [9.17, 15) is 24.8 Å². The number of non-ortho nitro benzene ring substituents is 1. The number of benzene rings is 3. The van der Waals surface area contributed by atoms with Crippen LogP contribution in [-0.4, -0.2) is 35.1 Å². The predicted octanol–water partition coefficient (Wildman–Crippen LogP) is 3.63. The number of nitrogens with zero attached hydrogens (tertiary/aromatic N) is 1. The normalized spacial score (nSPS) is 11.4. The van der Waals surface area contributed by atoms with Gasteiger partial charge in [0.05, 0.1) is 18.5 Å². The molecule has 2 N–H and O–H groups in total. The number of amides is 1. The van der Waals surface area contributed by atoms with E-state index in [1.54, 1.807) is 13.2 Å². The van der Waals surface area contributed by atoms with Crippen LogP contribution in [0.15, 0.2) is 72.8 Å². The van der Waals surface area contributed by atoms with Gasteiger partial charge < -0.3 is 15.2 Å². The average Bonchev–Trinajstić information content (AvgIpc) is 2.79. The lowest BCUT2D eigenvalue weighted by atomic mass is 10.00. The molecule has 0 fully saturated rings. The molecule has 3 aromatic rings. The molecule has 3 aromatic carbocycles. The molecule has 0 spiro atoms. The highest BCUT2D eigenvalue weighted by Gasteiger charge is 2.21. The van der Waals surface area contributed by atoms with Crippen molar-refractivity contribution in [1.29, 1.82) is 0 Å². The van der Waals surface area contributed by atoms with Gasteiger partial charge in [0.15, 0.2) is 0 Å². The molecule has 0 aliphatic rings. The number of para-hydroxylation sites is 1. The lowest BCUT2D eigenvalue weighted by Gasteiger charge is -2.15. The number of hydrogen-bond donors (Lipinski definition) is 2. The Balaban J connectivity index is 1.67. The number of nitro groups is 1. The molecule has 0 aliphatic carbocycles. The Morgan fingerprint density at radius 3 is 2.41 bits per heavy atom. The summed E-state index contributed by atoms with van der Waals surface area (Å²) in [6.07, 6.45) is -0.0551. The summed E-state index contributed by atoms with van der Waals surface area (Å²) in [7, 11) is 1.60. The maximum atomic E-state index is 12.4. The fourth-order valence-corrected chi connectivity index (χ4v) is 3.35. The highest BCUT2D eigenvalue weighted by molar-refractivity contribution is 5.85. The molecule has 3 rings (SSSR count). The Morgan fingerprint density at radius 1 is 1.03 bits per heavy atom. The summed E-state index contributed by atoms with van der Waals surface area (Å²) in [5.74, 6) is -0.952. The van der Waals surface area contributed by atoms with Crippen molar-refractivity contribution in [1.82, 2.24) is 5.32 Å². The zero-order chi connectivity index (χ0) is 23.1. The number of carboxylic acids is 1. The van der Waals surface area contributed by atoms with Crippen molar-refractivity contribution in [2.45, 2.75) is 18.9 Å². The van der Waals surface area contributed by atoms with Crippen LogP contribution in [0.3, 0.4) is 0 Å². The first-order valence-electron chi connectivity index (χ1n) is 9.85. The van der Waals surface area contributed by atoms with Crippen LogP contribution < -0.4 is 10.1 Å². The van der Waals surface area contributed by atoms with E-state index in [1.165, 1.54) is 18.2 Å². The second kappa shape index (κ2) is 10.2. The van der Waals surface area contributed by atoms with E-state index >= 15 is 0 Å². The number of hydrogen-bond acceptors (Lipinski definition) is 5. The number of nitro benzene ring substituents is 1. The Hall–Kier alpha value is -4.20. The van der Waals surface area contributed by atoms with Gasteiger partial charge >= 0.3 is 5.97 Å².